The smallest absolute Gasteiger partial charge is 0.123 e. The molecular weight excluding hydrogens is 262 g/mol. The van der Waals surface area contributed by atoms with Crippen molar-refractivity contribution in [2.45, 2.75) is 19.1 Å². The predicted molar refractivity (Wildman–Crippen MR) is 83.2 cm³/mol. The second kappa shape index (κ2) is 6.74. The Balaban J connectivity index is 1.59. The zero-order valence-electron chi connectivity index (χ0n) is 12.1. The van der Waals surface area contributed by atoms with E-state index in [4.69, 9.17) is 4.74 Å². The Labute approximate surface area is 125 Å². The lowest BCUT2D eigenvalue weighted by Crippen LogP contribution is -2.27. The van der Waals surface area contributed by atoms with Crippen molar-refractivity contribution >= 4 is 0 Å². The fourth-order valence-electron chi connectivity index (χ4n) is 2.72. The molecule has 0 bridgehead atoms. The summed E-state index contributed by atoms with van der Waals surface area (Å²) in [6.45, 7) is 3.36. The van der Waals surface area contributed by atoms with E-state index in [-0.39, 0.29) is 0 Å². The Hall–Kier alpha value is -1.84. The molecule has 2 aromatic carbocycles. The van der Waals surface area contributed by atoms with Gasteiger partial charge in [-0.3, -0.25) is 4.90 Å². The maximum Gasteiger partial charge on any atom is 0.123 e. The number of ether oxygens (including phenoxy) is 1. The molecule has 3 nitrogen and oxygen atoms in total. The second-order valence-corrected chi connectivity index (χ2v) is 5.45. The van der Waals surface area contributed by atoms with E-state index in [2.05, 4.69) is 11.0 Å². The van der Waals surface area contributed by atoms with Crippen LogP contribution in [0.5, 0.6) is 5.75 Å². The summed E-state index contributed by atoms with van der Waals surface area (Å²) in [5.41, 5.74) is 2.22. The normalized spacial score (nSPS) is 16.6. The van der Waals surface area contributed by atoms with Crippen LogP contribution in [0, 0.1) is 0 Å². The van der Waals surface area contributed by atoms with Gasteiger partial charge in [-0.15, -0.1) is 0 Å². The minimum atomic E-state index is -0.398. The van der Waals surface area contributed by atoms with Crippen LogP contribution in [0.15, 0.2) is 54.6 Å². The van der Waals surface area contributed by atoms with Gasteiger partial charge in [-0.1, -0.05) is 48.5 Å². The summed E-state index contributed by atoms with van der Waals surface area (Å²) in [5, 5.41) is 10.3. The van der Waals surface area contributed by atoms with Crippen LogP contribution < -0.4 is 4.74 Å². The molecule has 1 N–H and O–H groups in total. The van der Waals surface area contributed by atoms with Crippen LogP contribution in [0.3, 0.4) is 0 Å². The topological polar surface area (TPSA) is 32.7 Å². The Morgan fingerprint density at radius 1 is 1.05 bits per heavy atom. The van der Waals surface area contributed by atoms with Gasteiger partial charge in [0, 0.05) is 25.2 Å². The first kappa shape index (κ1) is 14.1. The van der Waals surface area contributed by atoms with Gasteiger partial charge in [-0.05, 0) is 18.1 Å². The molecule has 21 heavy (non-hydrogen) atoms. The van der Waals surface area contributed by atoms with E-state index in [9.17, 15) is 5.11 Å². The summed E-state index contributed by atoms with van der Waals surface area (Å²) in [5.74, 6) is 0.989. The van der Waals surface area contributed by atoms with Crippen molar-refractivity contribution in [1.82, 2.24) is 4.90 Å². The first-order valence-electron chi connectivity index (χ1n) is 7.49. The molecule has 0 aliphatic carbocycles. The first-order valence-corrected chi connectivity index (χ1v) is 7.49. The molecule has 3 rings (SSSR count). The van der Waals surface area contributed by atoms with Crippen LogP contribution in [0.4, 0.5) is 0 Å². The monoisotopic (exact) mass is 283 g/mol. The maximum atomic E-state index is 10.3. The van der Waals surface area contributed by atoms with Gasteiger partial charge in [0.2, 0.25) is 0 Å². The van der Waals surface area contributed by atoms with E-state index in [1.54, 1.807) is 0 Å². The van der Waals surface area contributed by atoms with Crippen molar-refractivity contribution in [3.05, 3.63) is 65.7 Å². The lowest BCUT2D eigenvalue weighted by Gasteiger charge is -2.21. The van der Waals surface area contributed by atoms with Crippen molar-refractivity contribution in [3.63, 3.8) is 0 Å². The third kappa shape index (κ3) is 3.63. The molecule has 0 amide bonds. The van der Waals surface area contributed by atoms with Crippen molar-refractivity contribution in [1.29, 1.82) is 0 Å². The molecule has 0 aromatic heterocycles. The minimum Gasteiger partial charge on any atom is -0.492 e. The number of benzene rings is 2. The zero-order valence-corrected chi connectivity index (χ0v) is 12.1. The molecule has 1 atom stereocenters. The van der Waals surface area contributed by atoms with Gasteiger partial charge in [-0.25, -0.2) is 0 Å². The Kier molecular flexibility index (Phi) is 4.53. The highest BCUT2D eigenvalue weighted by Gasteiger charge is 2.16. The second-order valence-electron chi connectivity index (χ2n) is 5.45. The fourth-order valence-corrected chi connectivity index (χ4v) is 2.72. The zero-order chi connectivity index (χ0) is 14.5. The lowest BCUT2D eigenvalue weighted by molar-refractivity contribution is 0.136. The van der Waals surface area contributed by atoms with Gasteiger partial charge in [0.05, 0.1) is 6.10 Å². The van der Waals surface area contributed by atoms with Crippen molar-refractivity contribution in [3.8, 4) is 5.75 Å². The number of fused-ring (bicyclic) bond motifs is 1. The highest BCUT2D eigenvalue weighted by molar-refractivity contribution is 5.33. The number of hydrogen-bond donors (Lipinski definition) is 1. The number of aliphatic hydroxyl groups is 1. The quantitative estimate of drug-likeness (QED) is 0.936. The maximum absolute atomic E-state index is 10.3. The number of aliphatic hydroxyl groups excluding tert-OH is 1. The molecule has 0 radical (unpaired) electrons. The fraction of sp³-hybridized carbons (Fsp3) is 0.333. The molecule has 3 heteroatoms. The van der Waals surface area contributed by atoms with E-state index in [1.165, 1.54) is 5.56 Å². The summed E-state index contributed by atoms with van der Waals surface area (Å²) in [6.07, 6.45) is 0.345. The third-order valence-corrected chi connectivity index (χ3v) is 3.93. The number of hydrogen-bond acceptors (Lipinski definition) is 3. The summed E-state index contributed by atoms with van der Waals surface area (Å²) in [4.78, 5) is 2.35. The number of rotatable bonds is 4. The van der Waals surface area contributed by atoms with Crippen molar-refractivity contribution in [2.75, 3.05) is 19.7 Å². The SMILES string of the molecule is OC(CCN1CCOc2ccccc2C1)c1ccccc1. The summed E-state index contributed by atoms with van der Waals surface area (Å²) in [6, 6.07) is 18.1. The van der Waals surface area contributed by atoms with Crippen LogP contribution in [0.2, 0.25) is 0 Å². The summed E-state index contributed by atoms with van der Waals surface area (Å²) >= 11 is 0. The molecule has 1 aliphatic heterocycles. The predicted octanol–water partition coefficient (Wildman–Crippen LogP) is 3.00. The number of para-hydroxylation sites is 1. The van der Waals surface area contributed by atoms with Gasteiger partial charge >= 0.3 is 0 Å². The summed E-state index contributed by atoms with van der Waals surface area (Å²) < 4.78 is 5.77. The molecule has 1 aliphatic rings. The average molecular weight is 283 g/mol. The van der Waals surface area contributed by atoms with Crippen LogP contribution in [-0.2, 0) is 6.54 Å². The Morgan fingerprint density at radius 3 is 2.67 bits per heavy atom. The highest BCUT2D eigenvalue weighted by Crippen LogP contribution is 2.23. The van der Waals surface area contributed by atoms with Gasteiger partial charge in [0.25, 0.3) is 0 Å². The van der Waals surface area contributed by atoms with Crippen LogP contribution >= 0.6 is 0 Å². The molecule has 1 unspecified atom stereocenters. The minimum absolute atomic E-state index is 0.398. The molecular formula is C18H21NO2. The van der Waals surface area contributed by atoms with E-state index in [0.29, 0.717) is 6.61 Å². The Bertz CT molecular complexity index is 570. The lowest BCUT2D eigenvalue weighted by atomic mass is 10.1. The van der Waals surface area contributed by atoms with Gasteiger partial charge in [-0.2, -0.15) is 0 Å². The first-order chi connectivity index (χ1) is 10.3. The highest BCUT2D eigenvalue weighted by atomic mass is 16.5. The number of nitrogens with zero attached hydrogens (tertiary/aromatic N) is 1. The molecule has 110 valence electrons. The van der Waals surface area contributed by atoms with Gasteiger partial charge in [0.15, 0.2) is 0 Å². The van der Waals surface area contributed by atoms with Gasteiger partial charge < -0.3 is 9.84 Å². The summed E-state index contributed by atoms with van der Waals surface area (Å²) in [7, 11) is 0. The molecule has 1 heterocycles. The molecule has 0 saturated carbocycles. The average Bonchev–Trinajstić information content (AvgIpc) is 2.75. The van der Waals surface area contributed by atoms with E-state index < -0.39 is 6.10 Å². The van der Waals surface area contributed by atoms with Crippen LogP contribution in [0.25, 0.3) is 0 Å². The third-order valence-electron chi connectivity index (χ3n) is 3.93. The van der Waals surface area contributed by atoms with E-state index >= 15 is 0 Å². The van der Waals surface area contributed by atoms with Crippen molar-refractivity contribution in [2.24, 2.45) is 0 Å². The standard InChI is InChI=1S/C18H21NO2/c20-17(15-6-2-1-3-7-15)10-11-19-12-13-21-18-9-5-4-8-16(18)14-19/h1-9,17,20H,10-14H2. The van der Waals surface area contributed by atoms with Gasteiger partial charge in [0.1, 0.15) is 12.4 Å². The van der Waals surface area contributed by atoms with E-state index in [1.807, 2.05) is 48.5 Å². The molecule has 0 spiro atoms. The van der Waals surface area contributed by atoms with Crippen LogP contribution in [0.1, 0.15) is 23.7 Å². The molecule has 2 aromatic rings. The Morgan fingerprint density at radius 2 is 1.81 bits per heavy atom. The largest absolute Gasteiger partial charge is 0.492 e. The van der Waals surface area contributed by atoms with Crippen molar-refractivity contribution < 1.29 is 9.84 Å². The molecule has 0 saturated heterocycles. The molecule has 0 fully saturated rings. The van der Waals surface area contributed by atoms with E-state index in [0.717, 1.165) is 37.4 Å². The van der Waals surface area contributed by atoms with Crippen LogP contribution in [-0.4, -0.2) is 29.7 Å².